The number of carboxylic acids is 1. The summed E-state index contributed by atoms with van der Waals surface area (Å²) in [4.78, 5) is 51.7. The molecule has 0 spiro atoms. The van der Waals surface area contributed by atoms with E-state index in [-0.39, 0.29) is 24.5 Å². The summed E-state index contributed by atoms with van der Waals surface area (Å²) in [5.74, 6) is -0.619. The van der Waals surface area contributed by atoms with Crippen LogP contribution in [0, 0.1) is 23.2 Å². The molecule has 1 saturated heterocycles. The van der Waals surface area contributed by atoms with Gasteiger partial charge in [-0.1, -0.05) is 53.9 Å². The van der Waals surface area contributed by atoms with E-state index in [1.54, 1.807) is 13.2 Å². The molecule has 1 aromatic carbocycles. The van der Waals surface area contributed by atoms with Crippen molar-refractivity contribution in [3.05, 3.63) is 23.9 Å². The van der Waals surface area contributed by atoms with Gasteiger partial charge in [-0.2, -0.15) is 0 Å². The number of nitrogens with zero attached hydrogens (tertiary/aromatic N) is 3. The average Bonchev–Trinajstić information content (AvgIpc) is 3.38. The number of aromatic nitrogens is 2. The Balaban J connectivity index is 1.55. The number of amides is 2. The van der Waals surface area contributed by atoms with Crippen molar-refractivity contribution in [2.75, 3.05) is 13.7 Å². The second-order valence-corrected chi connectivity index (χ2v) is 14.4. The van der Waals surface area contributed by atoms with Crippen LogP contribution in [0.4, 0.5) is 4.79 Å². The summed E-state index contributed by atoms with van der Waals surface area (Å²) >= 11 is 0. The molecule has 2 amide bonds. The molecule has 252 valence electrons. The first-order chi connectivity index (χ1) is 21.9. The van der Waals surface area contributed by atoms with E-state index in [4.69, 9.17) is 24.2 Å². The van der Waals surface area contributed by atoms with Crippen molar-refractivity contribution < 1.29 is 33.7 Å². The summed E-state index contributed by atoms with van der Waals surface area (Å²) in [6.07, 6.45) is 6.48. The molecule has 3 heterocycles. The minimum Gasteiger partial charge on any atom is -0.497 e. The number of hydrogen-bond donors (Lipinski definition) is 2. The highest BCUT2D eigenvalue weighted by atomic mass is 16.6. The lowest BCUT2D eigenvalue weighted by Crippen LogP contribution is -2.58. The molecule has 2 N–H and O–H groups in total. The summed E-state index contributed by atoms with van der Waals surface area (Å²) in [6.45, 7) is 9.64. The normalized spacial score (nSPS) is 29.8. The number of rotatable bonds is 3. The number of benzene rings is 1. The molecular weight excluding hydrogens is 588 g/mol. The summed E-state index contributed by atoms with van der Waals surface area (Å²) in [7, 11) is 1.59. The third kappa shape index (κ3) is 7.18. The van der Waals surface area contributed by atoms with E-state index in [1.165, 1.54) is 4.90 Å². The van der Waals surface area contributed by atoms with Crippen LogP contribution in [0.2, 0.25) is 0 Å². The van der Waals surface area contributed by atoms with Crippen LogP contribution in [0.25, 0.3) is 11.0 Å². The molecule has 1 saturated carbocycles. The highest BCUT2D eigenvalue weighted by Crippen LogP contribution is 2.37. The van der Waals surface area contributed by atoms with E-state index in [1.807, 2.05) is 39.8 Å². The van der Waals surface area contributed by atoms with Crippen LogP contribution in [0.3, 0.4) is 0 Å². The zero-order valence-corrected chi connectivity index (χ0v) is 28.1. The summed E-state index contributed by atoms with van der Waals surface area (Å²) in [6, 6.07) is 3.40. The molecule has 2 aliphatic heterocycles. The predicted octanol–water partition coefficient (Wildman–Crippen LogP) is 5.77. The fraction of sp³-hybridized carbons (Fsp3) is 0.686. The number of ether oxygens (including phenoxy) is 3. The second-order valence-electron chi connectivity index (χ2n) is 14.4. The molecule has 46 heavy (non-hydrogen) atoms. The highest BCUT2D eigenvalue weighted by molar-refractivity contribution is 5.90. The molecule has 5 rings (SSSR count). The second kappa shape index (κ2) is 14.0. The van der Waals surface area contributed by atoms with Gasteiger partial charge in [-0.15, -0.1) is 0 Å². The molecule has 0 radical (unpaired) electrons. The topological polar surface area (TPSA) is 140 Å². The number of fused-ring (bicyclic) bond motifs is 5. The minimum atomic E-state index is -1.13. The maximum Gasteiger partial charge on any atom is 0.408 e. The van der Waals surface area contributed by atoms with Gasteiger partial charge in [0.15, 0.2) is 0 Å². The summed E-state index contributed by atoms with van der Waals surface area (Å²) < 4.78 is 18.1. The molecule has 11 nitrogen and oxygen atoms in total. The Kier molecular flexibility index (Phi) is 10.3. The monoisotopic (exact) mass is 638 g/mol. The van der Waals surface area contributed by atoms with Crippen LogP contribution < -0.4 is 14.8 Å². The number of nitrogens with one attached hydrogen (secondary N) is 1. The first kappa shape index (κ1) is 33.7. The van der Waals surface area contributed by atoms with Crippen LogP contribution in [-0.4, -0.2) is 75.9 Å². The number of hydrogen-bond acceptors (Lipinski definition) is 8. The van der Waals surface area contributed by atoms with E-state index in [9.17, 15) is 19.5 Å². The molecule has 1 aromatic heterocycles. The Morgan fingerprint density at radius 1 is 1.07 bits per heavy atom. The van der Waals surface area contributed by atoms with Crippen LogP contribution >= 0.6 is 0 Å². The van der Waals surface area contributed by atoms with Gasteiger partial charge in [0, 0.05) is 12.0 Å². The Labute approximate surface area is 271 Å². The van der Waals surface area contributed by atoms with Crippen LogP contribution in [0.5, 0.6) is 11.6 Å². The first-order valence-electron chi connectivity index (χ1n) is 16.9. The minimum absolute atomic E-state index is 0.0383. The predicted molar refractivity (Wildman–Crippen MR) is 173 cm³/mol. The fourth-order valence-corrected chi connectivity index (χ4v) is 7.60. The van der Waals surface area contributed by atoms with Crippen LogP contribution in [-0.2, 0) is 20.7 Å². The number of aliphatic carboxylic acids is 1. The first-order valence-corrected chi connectivity index (χ1v) is 16.9. The van der Waals surface area contributed by atoms with Gasteiger partial charge < -0.3 is 29.5 Å². The zero-order chi connectivity index (χ0) is 33.2. The molecule has 3 aliphatic rings. The van der Waals surface area contributed by atoms with Crippen LogP contribution in [0.15, 0.2) is 18.2 Å². The van der Waals surface area contributed by atoms with Gasteiger partial charge in [0.2, 0.25) is 11.8 Å². The van der Waals surface area contributed by atoms with Crippen molar-refractivity contribution in [2.24, 2.45) is 23.2 Å². The Morgan fingerprint density at radius 2 is 1.83 bits per heavy atom. The quantitative estimate of drug-likeness (QED) is 0.429. The van der Waals surface area contributed by atoms with Crippen molar-refractivity contribution >= 4 is 29.0 Å². The van der Waals surface area contributed by atoms with Gasteiger partial charge in [0.1, 0.15) is 35.7 Å². The van der Waals surface area contributed by atoms with E-state index < -0.39 is 47.5 Å². The van der Waals surface area contributed by atoms with E-state index in [2.05, 4.69) is 12.2 Å². The highest BCUT2D eigenvalue weighted by Gasteiger charge is 2.51. The third-order valence-electron chi connectivity index (χ3n) is 10.1. The van der Waals surface area contributed by atoms with Gasteiger partial charge in [-0.05, 0) is 67.9 Å². The molecular formula is C35H50N4O7. The molecule has 2 aromatic rings. The van der Waals surface area contributed by atoms with Gasteiger partial charge >= 0.3 is 12.1 Å². The van der Waals surface area contributed by atoms with Gasteiger partial charge in [0.05, 0.1) is 24.7 Å². The maximum absolute atomic E-state index is 14.3. The van der Waals surface area contributed by atoms with Crippen molar-refractivity contribution in [3.63, 3.8) is 0 Å². The van der Waals surface area contributed by atoms with Crippen LogP contribution in [0.1, 0.15) is 91.7 Å². The maximum atomic E-state index is 14.3. The van der Waals surface area contributed by atoms with Crippen molar-refractivity contribution in [1.29, 1.82) is 0 Å². The lowest BCUT2D eigenvalue weighted by molar-refractivity contribution is -0.151. The molecule has 7 atom stereocenters. The van der Waals surface area contributed by atoms with E-state index in [0.29, 0.717) is 30.0 Å². The number of methoxy groups -OCH3 is 1. The number of carbonyl (C=O) groups is 3. The summed E-state index contributed by atoms with van der Waals surface area (Å²) in [5.41, 5.74) is 1.34. The number of carbonyl (C=O) groups excluding carboxylic acids is 2. The number of aryl methyl sites for hydroxylation is 1. The average molecular weight is 639 g/mol. The van der Waals surface area contributed by atoms with Gasteiger partial charge in [-0.3, -0.25) is 4.79 Å². The number of alkyl carbamates (subject to hydrolysis) is 1. The van der Waals surface area contributed by atoms with Gasteiger partial charge in [0.25, 0.3) is 0 Å². The van der Waals surface area contributed by atoms with E-state index >= 15 is 0 Å². The zero-order valence-electron chi connectivity index (χ0n) is 28.1. The lowest BCUT2D eigenvalue weighted by Gasteiger charge is -2.38. The van der Waals surface area contributed by atoms with E-state index in [0.717, 1.165) is 56.2 Å². The van der Waals surface area contributed by atoms with Gasteiger partial charge in [-0.25, -0.2) is 19.6 Å². The Morgan fingerprint density at radius 3 is 2.52 bits per heavy atom. The smallest absolute Gasteiger partial charge is 0.408 e. The fourth-order valence-electron chi connectivity index (χ4n) is 7.60. The summed E-state index contributed by atoms with van der Waals surface area (Å²) in [5, 5.41) is 13.3. The Bertz CT molecular complexity index is 1430. The molecule has 1 aliphatic carbocycles. The Hall–Kier alpha value is -3.63. The molecule has 0 unspecified atom stereocenters. The number of carboxylic acid groups (broad SMARTS) is 1. The largest absolute Gasteiger partial charge is 0.497 e. The third-order valence-corrected chi connectivity index (χ3v) is 10.1. The van der Waals surface area contributed by atoms with Crippen molar-refractivity contribution in [3.8, 4) is 11.6 Å². The lowest BCUT2D eigenvalue weighted by atomic mass is 9.77. The molecule has 2 bridgehead atoms. The molecule has 2 fully saturated rings. The van der Waals surface area contributed by atoms with Crippen molar-refractivity contribution in [1.82, 2.24) is 20.2 Å². The molecule has 11 heteroatoms. The van der Waals surface area contributed by atoms with Crippen molar-refractivity contribution in [2.45, 2.75) is 117 Å². The SMILES string of the molecule is CC[C@@H]1[C@@H]2CN(C(=O)[C@H](C(C)(C)C)NC(=O)O[C@H]3[C@H](CCCCCc4nc5ccc(OC)cc5nc4O2)CCC[C@H]3C)[C@@H]1C(=O)O. The standard InChI is InChI=1S/C35H50N4O7/c1-7-23-27-19-39(28(23)33(41)42)32(40)30(35(3,4)5)38-34(43)46-29-20(2)12-11-14-21(29)13-9-8-10-15-25-31(45-27)37-26-18-22(44-6)16-17-24(26)36-25/h16-18,20-21,23,27-30H,7-15,19H2,1-6H3,(H,38,43)(H,41,42)/t20-,21-,23-,27+,28+,29-,30-/m1/s1.